The summed E-state index contributed by atoms with van der Waals surface area (Å²) < 4.78 is 49.9. The Morgan fingerprint density at radius 3 is 1.96 bits per heavy atom. The molecule has 1 aliphatic heterocycles. The van der Waals surface area contributed by atoms with Crippen LogP contribution >= 0.6 is 0 Å². The first kappa shape index (κ1) is 33.4. The molecule has 1 saturated heterocycles. The fourth-order valence-electron chi connectivity index (χ4n) is 4.78. The Morgan fingerprint density at radius 2 is 1.40 bits per heavy atom. The van der Waals surface area contributed by atoms with Crippen LogP contribution in [0.5, 0.6) is 0 Å². The highest BCUT2D eigenvalue weighted by atomic mass is 19.4. The second-order valence-electron chi connectivity index (χ2n) is 11.3. The molecule has 3 aromatic rings. The van der Waals surface area contributed by atoms with Gasteiger partial charge in [-0.05, 0) is 55.5 Å². The van der Waals surface area contributed by atoms with E-state index in [0.29, 0.717) is 5.56 Å². The van der Waals surface area contributed by atoms with Crippen LogP contribution in [0.4, 0.5) is 18.0 Å². The zero-order valence-electron chi connectivity index (χ0n) is 24.9. The van der Waals surface area contributed by atoms with Gasteiger partial charge in [-0.1, -0.05) is 72.8 Å². The molecular formula is C34H35F3N2O6. The molecule has 0 radical (unpaired) electrons. The van der Waals surface area contributed by atoms with E-state index in [9.17, 15) is 32.3 Å². The van der Waals surface area contributed by atoms with Crippen LogP contribution in [0.1, 0.15) is 42.5 Å². The molecular weight excluding hydrogens is 589 g/mol. The first-order valence-electron chi connectivity index (χ1n) is 14.5. The third kappa shape index (κ3) is 9.74. The molecule has 45 heavy (non-hydrogen) atoms. The van der Waals surface area contributed by atoms with Gasteiger partial charge in [-0.3, -0.25) is 14.4 Å². The van der Waals surface area contributed by atoms with Crippen molar-refractivity contribution in [2.24, 2.45) is 5.92 Å². The van der Waals surface area contributed by atoms with Crippen LogP contribution < -0.4 is 10.6 Å². The third-order valence-corrected chi connectivity index (χ3v) is 7.63. The number of carbonyl (C=O) groups excluding carboxylic acids is 4. The van der Waals surface area contributed by atoms with Gasteiger partial charge in [0, 0.05) is 12.3 Å². The first-order valence-corrected chi connectivity index (χ1v) is 14.5. The summed E-state index contributed by atoms with van der Waals surface area (Å²) in [5, 5.41) is 5.24. The number of Topliss-reactive ketones (excluding diaryl/α,β-unsaturated/α-hetero) is 2. The third-order valence-electron chi connectivity index (χ3n) is 7.63. The Morgan fingerprint density at radius 1 is 0.844 bits per heavy atom. The Balaban J connectivity index is 1.48. The average molecular weight is 625 g/mol. The lowest BCUT2D eigenvalue weighted by Crippen LogP contribution is -2.50. The number of hydrogen-bond donors (Lipinski definition) is 2. The Hall–Kier alpha value is -4.51. The minimum atomic E-state index is -4.53. The van der Waals surface area contributed by atoms with Crippen molar-refractivity contribution in [2.75, 3.05) is 6.61 Å². The lowest BCUT2D eigenvalue weighted by atomic mass is 9.89. The fraction of sp³-hybridized carbons (Fsp3) is 0.353. The van der Waals surface area contributed by atoms with Gasteiger partial charge in [0.15, 0.2) is 11.6 Å². The van der Waals surface area contributed by atoms with Crippen molar-refractivity contribution in [3.63, 3.8) is 0 Å². The van der Waals surface area contributed by atoms with Gasteiger partial charge in [-0.25, -0.2) is 4.79 Å². The van der Waals surface area contributed by atoms with Gasteiger partial charge in [0.2, 0.25) is 5.91 Å². The molecule has 11 heteroatoms. The minimum absolute atomic E-state index is 0.00794. The summed E-state index contributed by atoms with van der Waals surface area (Å²) in [5.74, 6) is -2.50. The van der Waals surface area contributed by atoms with Crippen molar-refractivity contribution in [1.82, 2.24) is 10.6 Å². The van der Waals surface area contributed by atoms with E-state index in [1.54, 1.807) is 43.3 Å². The van der Waals surface area contributed by atoms with Gasteiger partial charge in [-0.2, -0.15) is 13.2 Å². The van der Waals surface area contributed by atoms with Crippen LogP contribution in [0.3, 0.4) is 0 Å². The number of hydrogen-bond acceptors (Lipinski definition) is 6. The maximum Gasteiger partial charge on any atom is 0.416 e. The van der Waals surface area contributed by atoms with Gasteiger partial charge < -0.3 is 20.1 Å². The highest BCUT2D eigenvalue weighted by Crippen LogP contribution is 2.31. The number of alkyl carbamates (subject to hydrolysis) is 1. The summed E-state index contributed by atoms with van der Waals surface area (Å²) in [6, 6.07) is 20.3. The smallest absolute Gasteiger partial charge is 0.416 e. The topological polar surface area (TPSA) is 114 Å². The molecule has 2 N–H and O–H groups in total. The minimum Gasteiger partial charge on any atom is -0.445 e. The van der Waals surface area contributed by atoms with E-state index in [2.05, 4.69) is 10.6 Å². The van der Waals surface area contributed by atoms with E-state index in [0.717, 1.165) is 23.3 Å². The number of halogens is 3. The maximum absolute atomic E-state index is 13.7. The standard InChI is InChI=1S/C34H35F3N2O6/c1-22(38-32(43)44-20-25-11-7-4-8-12-25)29(40)19-26(17-24-13-15-27(16-14-24)34(35,36)37)31(42)39-28(30(41)33(2)21-45-33)18-23-9-5-3-6-10-23/h3-16,22,26,28H,17-21H2,1-2H3,(H,38,43)(H,39,42)/t22-,26+,28-,33+/m0/s1. The number of benzene rings is 3. The van der Waals surface area contributed by atoms with Crippen molar-refractivity contribution >= 4 is 23.6 Å². The molecule has 238 valence electrons. The molecule has 0 spiro atoms. The molecule has 4 atom stereocenters. The Bertz CT molecular complexity index is 1480. The van der Waals surface area contributed by atoms with Crippen molar-refractivity contribution in [1.29, 1.82) is 0 Å². The Kier molecular flexibility index (Phi) is 10.8. The summed E-state index contributed by atoms with van der Waals surface area (Å²) >= 11 is 0. The van der Waals surface area contributed by atoms with Crippen LogP contribution in [0.25, 0.3) is 0 Å². The normalized spacial score (nSPS) is 17.8. The molecule has 2 amide bonds. The number of rotatable bonds is 14. The number of amides is 2. The predicted molar refractivity (Wildman–Crippen MR) is 159 cm³/mol. The molecule has 0 aromatic heterocycles. The number of epoxide rings is 1. The largest absolute Gasteiger partial charge is 0.445 e. The van der Waals surface area contributed by atoms with E-state index in [4.69, 9.17) is 9.47 Å². The lowest BCUT2D eigenvalue weighted by molar-refractivity contribution is -0.137. The number of carbonyl (C=O) groups is 4. The molecule has 8 nitrogen and oxygen atoms in total. The molecule has 0 bridgehead atoms. The van der Waals surface area contributed by atoms with Crippen LogP contribution in [-0.2, 0) is 49.5 Å². The zero-order chi connectivity index (χ0) is 32.6. The van der Waals surface area contributed by atoms with E-state index in [1.807, 2.05) is 24.3 Å². The van der Waals surface area contributed by atoms with E-state index in [1.165, 1.54) is 19.1 Å². The summed E-state index contributed by atoms with van der Waals surface area (Å²) in [6.45, 7) is 3.29. The van der Waals surface area contributed by atoms with Gasteiger partial charge >= 0.3 is 12.3 Å². The number of ether oxygens (including phenoxy) is 2. The first-order chi connectivity index (χ1) is 21.3. The van der Waals surface area contributed by atoms with Gasteiger partial charge in [0.1, 0.15) is 12.2 Å². The van der Waals surface area contributed by atoms with E-state index in [-0.39, 0.29) is 38.3 Å². The fourth-order valence-corrected chi connectivity index (χ4v) is 4.78. The van der Waals surface area contributed by atoms with Gasteiger partial charge in [0.05, 0.1) is 24.3 Å². The van der Waals surface area contributed by atoms with Crippen molar-refractivity contribution < 1.29 is 41.8 Å². The summed E-state index contributed by atoms with van der Waals surface area (Å²) in [6.07, 6.45) is -5.62. The van der Waals surface area contributed by atoms with Gasteiger partial charge in [-0.15, -0.1) is 0 Å². The van der Waals surface area contributed by atoms with Gasteiger partial charge in [0.25, 0.3) is 0 Å². The van der Waals surface area contributed by atoms with Crippen LogP contribution in [0, 0.1) is 5.92 Å². The molecule has 3 aromatic carbocycles. The Labute approximate surface area is 259 Å². The SMILES string of the molecule is C[C@H](NC(=O)OCc1ccccc1)C(=O)C[C@@H](Cc1ccc(C(F)(F)F)cc1)C(=O)N[C@@H](Cc1ccccc1)C(=O)[C@@]1(C)CO1. The number of ketones is 2. The second-order valence-corrected chi connectivity index (χ2v) is 11.3. The highest BCUT2D eigenvalue weighted by molar-refractivity contribution is 5.98. The van der Waals surface area contributed by atoms with Crippen molar-refractivity contribution in [3.8, 4) is 0 Å². The molecule has 1 fully saturated rings. The molecule has 0 aliphatic carbocycles. The summed E-state index contributed by atoms with van der Waals surface area (Å²) in [7, 11) is 0. The molecule has 1 heterocycles. The maximum atomic E-state index is 13.7. The molecule has 1 aliphatic rings. The highest BCUT2D eigenvalue weighted by Gasteiger charge is 2.50. The second kappa shape index (κ2) is 14.5. The molecule has 0 saturated carbocycles. The summed E-state index contributed by atoms with van der Waals surface area (Å²) in [5.41, 5.74) is 0.0560. The van der Waals surface area contributed by atoms with Crippen molar-refractivity contribution in [2.45, 2.75) is 63.6 Å². The van der Waals surface area contributed by atoms with Crippen LogP contribution in [0.2, 0.25) is 0 Å². The van der Waals surface area contributed by atoms with E-state index < -0.39 is 53.1 Å². The van der Waals surface area contributed by atoms with E-state index >= 15 is 0 Å². The van der Waals surface area contributed by atoms with Crippen molar-refractivity contribution in [3.05, 3.63) is 107 Å². The van der Waals surface area contributed by atoms with Crippen LogP contribution in [-0.4, -0.2) is 47.9 Å². The zero-order valence-corrected chi connectivity index (χ0v) is 24.9. The number of nitrogens with one attached hydrogen (secondary N) is 2. The molecule has 4 rings (SSSR count). The quantitative estimate of drug-likeness (QED) is 0.238. The monoisotopic (exact) mass is 624 g/mol. The lowest BCUT2D eigenvalue weighted by Gasteiger charge is -2.24. The molecule has 0 unspecified atom stereocenters. The van der Waals surface area contributed by atoms with Crippen LogP contribution in [0.15, 0.2) is 84.9 Å². The number of alkyl halides is 3. The average Bonchev–Trinajstić information content (AvgIpc) is 3.78. The predicted octanol–water partition coefficient (Wildman–Crippen LogP) is 5.22. The summed E-state index contributed by atoms with van der Waals surface area (Å²) in [4.78, 5) is 52.6.